The van der Waals surface area contributed by atoms with E-state index in [1.54, 1.807) is 39.0 Å². The van der Waals surface area contributed by atoms with Crippen LogP contribution in [0.1, 0.15) is 29.0 Å². The second-order valence-electron chi connectivity index (χ2n) is 7.82. The standard InChI is InChI=1S/C23H29N3O5S4/c27-22(26(13-10-18-6-3-15-32-18)14-11-19-7-4-16-33-19)20(8-1-2-12-24-23(28)29)25-35(30,31)21-9-5-17-34-21/h3-7,9,15-17,20,24-25H,1-2,8,10-14H2,(H,28,29)/t20-/m0/s1. The van der Waals surface area contributed by atoms with Crippen LogP contribution in [0.25, 0.3) is 0 Å². The second-order valence-corrected chi connectivity index (χ2v) is 12.8. The molecule has 3 aromatic rings. The predicted octanol–water partition coefficient (Wildman–Crippen LogP) is 4.27. The van der Waals surface area contributed by atoms with Gasteiger partial charge in [-0.25, -0.2) is 13.2 Å². The van der Waals surface area contributed by atoms with E-state index < -0.39 is 22.2 Å². The summed E-state index contributed by atoms with van der Waals surface area (Å²) in [6, 6.07) is 10.2. The van der Waals surface area contributed by atoms with Gasteiger partial charge in [-0.2, -0.15) is 4.72 Å². The summed E-state index contributed by atoms with van der Waals surface area (Å²) in [7, 11) is -3.85. The van der Waals surface area contributed by atoms with Crippen LogP contribution in [0.2, 0.25) is 0 Å². The Morgan fingerprint density at radius 2 is 1.51 bits per heavy atom. The molecule has 3 rings (SSSR count). The smallest absolute Gasteiger partial charge is 0.404 e. The molecule has 1 atom stereocenters. The third-order valence-electron chi connectivity index (χ3n) is 5.28. The minimum absolute atomic E-state index is 0.159. The Kier molecular flexibility index (Phi) is 10.7. The average Bonchev–Trinajstić information content (AvgIpc) is 3.61. The first kappa shape index (κ1) is 27.3. The number of hydrogen-bond acceptors (Lipinski definition) is 7. The molecule has 12 heteroatoms. The van der Waals surface area contributed by atoms with Gasteiger partial charge in [0, 0.05) is 29.4 Å². The number of carbonyl (C=O) groups excluding carboxylic acids is 1. The Labute approximate surface area is 217 Å². The number of unbranched alkanes of at least 4 members (excludes halogenated alkanes) is 1. The van der Waals surface area contributed by atoms with Crippen molar-refractivity contribution in [3.63, 3.8) is 0 Å². The Morgan fingerprint density at radius 1 is 0.914 bits per heavy atom. The van der Waals surface area contributed by atoms with E-state index in [0.29, 0.717) is 38.8 Å². The molecule has 0 spiro atoms. The van der Waals surface area contributed by atoms with E-state index in [2.05, 4.69) is 10.0 Å². The van der Waals surface area contributed by atoms with Gasteiger partial charge in [-0.3, -0.25) is 4.79 Å². The SMILES string of the molecule is O=C(O)NCCCC[C@H](NS(=O)(=O)c1cccs1)C(=O)N(CCc1cccs1)CCc1cccs1. The van der Waals surface area contributed by atoms with Crippen molar-refractivity contribution in [3.05, 3.63) is 62.3 Å². The first-order chi connectivity index (χ1) is 16.8. The van der Waals surface area contributed by atoms with E-state index in [-0.39, 0.29) is 23.1 Å². The summed E-state index contributed by atoms with van der Waals surface area (Å²) in [5.41, 5.74) is 0. The first-order valence-electron chi connectivity index (χ1n) is 11.2. The lowest BCUT2D eigenvalue weighted by atomic mass is 10.1. The van der Waals surface area contributed by atoms with Crippen molar-refractivity contribution in [1.82, 2.24) is 14.9 Å². The maximum atomic E-state index is 13.7. The summed E-state index contributed by atoms with van der Waals surface area (Å²) in [6.45, 7) is 1.22. The van der Waals surface area contributed by atoms with Crippen molar-refractivity contribution in [2.24, 2.45) is 0 Å². The van der Waals surface area contributed by atoms with E-state index in [9.17, 15) is 18.0 Å². The van der Waals surface area contributed by atoms with Gasteiger partial charge < -0.3 is 15.3 Å². The largest absolute Gasteiger partial charge is 0.465 e. The zero-order valence-electron chi connectivity index (χ0n) is 19.1. The van der Waals surface area contributed by atoms with Gasteiger partial charge in [-0.1, -0.05) is 18.2 Å². The zero-order chi connectivity index (χ0) is 25.1. The highest BCUT2D eigenvalue weighted by Crippen LogP contribution is 2.19. The lowest BCUT2D eigenvalue weighted by Crippen LogP contribution is -2.49. The minimum atomic E-state index is -3.85. The van der Waals surface area contributed by atoms with Gasteiger partial charge in [0.05, 0.1) is 0 Å². The Hall–Kier alpha value is -2.25. The van der Waals surface area contributed by atoms with Crippen LogP contribution in [0.4, 0.5) is 4.79 Å². The second kappa shape index (κ2) is 13.7. The van der Waals surface area contributed by atoms with Crippen LogP contribution in [0.15, 0.2) is 56.7 Å². The molecule has 35 heavy (non-hydrogen) atoms. The first-order valence-corrected chi connectivity index (χ1v) is 15.3. The molecular formula is C23H29N3O5S4. The number of rotatable bonds is 15. The number of carboxylic acid groups (broad SMARTS) is 1. The molecule has 8 nitrogen and oxygen atoms in total. The molecule has 190 valence electrons. The summed E-state index contributed by atoms with van der Waals surface area (Å²) >= 11 is 4.36. The van der Waals surface area contributed by atoms with Crippen molar-refractivity contribution in [1.29, 1.82) is 0 Å². The molecule has 3 heterocycles. The van der Waals surface area contributed by atoms with Crippen LogP contribution >= 0.6 is 34.0 Å². The molecule has 0 aliphatic rings. The molecule has 0 saturated heterocycles. The van der Waals surface area contributed by atoms with Crippen molar-refractivity contribution >= 4 is 56.0 Å². The summed E-state index contributed by atoms with van der Waals surface area (Å²) in [4.78, 5) is 28.4. The molecule has 3 N–H and O–H groups in total. The fourth-order valence-electron chi connectivity index (χ4n) is 3.52. The van der Waals surface area contributed by atoms with Gasteiger partial charge in [0.15, 0.2) is 0 Å². The maximum Gasteiger partial charge on any atom is 0.404 e. The van der Waals surface area contributed by atoms with E-state index in [1.165, 1.54) is 6.07 Å². The molecule has 2 amide bonds. The van der Waals surface area contributed by atoms with Gasteiger partial charge in [0.25, 0.3) is 10.0 Å². The number of hydrogen-bond donors (Lipinski definition) is 3. The predicted molar refractivity (Wildman–Crippen MR) is 141 cm³/mol. The molecule has 0 fully saturated rings. The molecule has 0 aromatic carbocycles. The maximum absolute atomic E-state index is 13.7. The van der Waals surface area contributed by atoms with Crippen molar-refractivity contribution in [2.45, 2.75) is 42.4 Å². The lowest BCUT2D eigenvalue weighted by molar-refractivity contribution is -0.133. The summed E-state index contributed by atoms with van der Waals surface area (Å²) < 4.78 is 28.7. The summed E-state index contributed by atoms with van der Waals surface area (Å²) in [6.07, 6.45) is 1.55. The highest BCUT2D eigenvalue weighted by atomic mass is 32.2. The fourth-order valence-corrected chi connectivity index (χ4v) is 7.15. The van der Waals surface area contributed by atoms with Gasteiger partial charge in [-0.15, -0.1) is 34.0 Å². The third kappa shape index (κ3) is 9.04. The van der Waals surface area contributed by atoms with Crippen molar-refractivity contribution < 1.29 is 23.1 Å². The van der Waals surface area contributed by atoms with Crippen LogP contribution in [-0.2, 0) is 27.7 Å². The Morgan fingerprint density at radius 3 is 2.03 bits per heavy atom. The molecule has 0 unspecified atom stereocenters. The fraction of sp³-hybridized carbons (Fsp3) is 0.391. The van der Waals surface area contributed by atoms with E-state index in [4.69, 9.17) is 5.11 Å². The topological polar surface area (TPSA) is 116 Å². The highest BCUT2D eigenvalue weighted by Gasteiger charge is 2.29. The average molecular weight is 556 g/mol. The van der Waals surface area contributed by atoms with Gasteiger partial charge in [-0.05, 0) is 66.4 Å². The molecular weight excluding hydrogens is 527 g/mol. The third-order valence-corrected chi connectivity index (χ3v) is 10.0. The van der Waals surface area contributed by atoms with Crippen LogP contribution < -0.4 is 10.0 Å². The van der Waals surface area contributed by atoms with E-state index in [0.717, 1.165) is 21.1 Å². The number of amides is 2. The molecule has 0 aliphatic carbocycles. The Bertz CT molecular complexity index is 1090. The van der Waals surface area contributed by atoms with Gasteiger partial charge in [0.1, 0.15) is 10.3 Å². The minimum Gasteiger partial charge on any atom is -0.465 e. The number of thiophene rings is 3. The van der Waals surface area contributed by atoms with Crippen molar-refractivity contribution in [3.8, 4) is 0 Å². The van der Waals surface area contributed by atoms with E-state index in [1.807, 2.05) is 35.0 Å². The zero-order valence-corrected chi connectivity index (χ0v) is 22.4. The summed E-state index contributed by atoms with van der Waals surface area (Å²) in [5.74, 6) is -0.260. The highest BCUT2D eigenvalue weighted by molar-refractivity contribution is 7.91. The molecule has 0 radical (unpaired) electrons. The van der Waals surface area contributed by atoms with Crippen molar-refractivity contribution in [2.75, 3.05) is 19.6 Å². The van der Waals surface area contributed by atoms with Crippen LogP contribution in [0, 0.1) is 0 Å². The monoisotopic (exact) mass is 555 g/mol. The molecule has 0 aliphatic heterocycles. The number of nitrogens with zero attached hydrogens (tertiary/aromatic N) is 1. The van der Waals surface area contributed by atoms with Gasteiger partial charge in [0.2, 0.25) is 5.91 Å². The lowest BCUT2D eigenvalue weighted by Gasteiger charge is -2.28. The normalized spacial score (nSPS) is 12.3. The molecule has 3 aromatic heterocycles. The van der Waals surface area contributed by atoms with E-state index >= 15 is 0 Å². The van der Waals surface area contributed by atoms with Crippen LogP contribution in [0.5, 0.6) is 0 Å². The Balaban J connectivity index is 1.73. The van der Waals surface area contributed by atoms with Crippen LogP contribution in [0.3, 0.4) is 0 Å². The van der Waals surface area contributed by atoms with Crippen LogP contribution in [-0.4, -0.2) is 56.1 Å². The molecule has 0 saturated carbocycles. The summed E-state index contributed by atoms with van der Waals surface area (Å²) in [5, 5.41) is 16.7. The molecule has 0 bridgehead atoms. The number of sulfonamides is 1. The number of nitrogens with one attached hydrogen (secondary N) is 2. The quantitative estimate of drug-likeness (QED) is 0.242. The van der Waals surface area contributed by atoms with Gasteiger partial charge >= 0.3 is 6.09 Å². The number of carbonyl (C=O) groups is 2.